The Morgan fingerprint density at radius 1 is 1.03 bits per heavy atom. The van der Waals surface area contributed by atoms with Crippen molar-refractivity contribution in [3.8, 4) is 17.2 Å². The van der Waals surface area contributed by atoms with E-state index in [4.69, 9.17) is 18.6 Å². The predicted octanol–water partition coefficient (Wildman–Crippen LogP) is 4.46. The molecule has 0 saturated heterocycles. The zero-order valence-corrected chi connectivity index (χ0v) is 18.9. The Bertz CT molecular complexity index is 1150. The minimum Gasteiger partial charge on any atom is -0.497 e. The maximum Gasteiger partial charge on any atom is 0.294 e. The van der Waals surface area contributed by atoms with Crippen LogP contribution in [0.15, 0.2) is 65.3 Å². The van der Waals surface area contributed by atoms with E-state index in [-0.39, 0.29) is 24.5 Å². The molecule has 1 aromatic heterocycles. The summed E-state index contributed by atoms with van der Waals surface area (Å²) in [6, 6.07) is 14.7. The summed E-state index contributed by atoms with van der Waals surface area (Å²) < 4.78 is 21.7. The van der Waals surface area contributed by atoms with Crippen molar-refractivity contribution < 1.29 is 28.2 Å². The number of benzene rings is 2. The van der Waals surface area contributed by atoms with Gasteiger partial charge in [0, 0.05) is 17.8 Å². The Balaban J connectivity index is 1.60. The van der Waals surface area contributed by atoms with Gasteiger partial charge in [-0.15, -0.1) is 0 Å². The van der Waals surface area contributed by atoms with Gasteiger partial charge < -0.3 is 23.9 Å². The molecule has 0 spiro atoms. The van der Waals surface area contributed by atoms with Gasteiger partial charge in [-0.2, -0.15) is 0 Å². The highest BCUT2D eigenvalue weighted by Crippen LogP contribution is 2.39. The zero-order chi connectivity index (χ0) is 23.5. The van der Waals surface area contributed by atoms with Crippen LogP contribution in [0.4, 0.5) is 5.69 Å². The van der Waals surface area contributed by atoms with Gasteiger partial charge in [-0.05, 0) is 54.8 Å². The molecule has 1 aliphatic heterocycles. The molecule has 8 heteroatoms. The number of anilines is 1. The van der Waals surface area contributed by atoms with E-state index in [2.05, 4.69) is 5.32 Å². The van der Waals surface area contributed by atoms with E-state index in [9.17, 15) is 9.59 Å². The van der Waals surface area contributed by atoms with Crippen LogP contribution in [0.2, 0.25) is 0 Å². The molecule has 1 aliphatic carbocycles. The number of carbonyl (C=O) groups excluding carboxylic acids is 2. The maximum atomic E-state index is 13.8. The van der Waals surface area contributed by atoms with Crippen LogP contribution in [-0.2, 0) is 4.79 Å². The molecule has 34 heavy (non-hydrogen) atoms. The standard InChI is InChI=1S/C26H26N2O6/c1-31-20-11-8-17(9-12-20)24(25(29)27-18-5-2-3-6-18)28(26(30)22-7-4-14-32-22)19-10-13-21-23(15-19)34-16-33-21/h4,7-15,18,24H,2-3,5-6,16H2,1H3,(H,27,29). The number of ether oxygens (including phenoxy) is 3. The predicted molar refractivity (Wildman–Crippen MR) is 124 cm³/mol. The summed E-state index contributed by atoms with van der Waals surface area (Å²) in [5.74, 6) is 1.20. The zero-order valence-electron chi connectivity index (χ0n) is 18.9. The van der Waals surface area contributed by atoms with E-state index >= 15 is 0 Å². The topological polar surface area (TPSA) is 90.2 Å². The summed E-state index contributed by atoms with van der Waals surface area (Å²) in [6.07, 6.45) is 5.45. The Morgan fingerprint density at radius 3 is 2.50 bits per heavy atom. The van der Waals surface area contributed by atoms with Crippen LogP contribution in [0.3, 0.4) is 0 Å². The van der Waals surface area contributed by atoms with Crippen molar-refractivity contribution in [1.82, 2.24) is 5.32 Å². The number of nitrogens with zero attached hydrogens (tertiary/aromatic N) is 1. The molecule has 5 rings (SSSR count). The summed E-state index contributed by atoms with van der Waals surface area (Å²) in [5.41, 5.74) is 1.14. The molecule has 2 aromatic carbocycles. The Labute approximate surface area is 197 Å². The number of nitrogens with one attached hydrogen (secondary N) is 1. The summed E-state index contributed by atoms with van der Waals surface area (Å²) >= 11 is 0. The summed E-state index contributed by atoms with van der Waals surface area (Å²) in [7, 11) is 1.58. The van der Waals surface area contributed by atoms with Gasteiger partial charge in [0.1, 0.15) is 11.8 Å². The lowest BCUT2D eigenvalue weighted by Crippen LogP contribution is -2.46. The lowest BCUT2D eigenvalue weighted by atomic mass is 10.0. The van der Waals surface area contributed by atoms with E-state index < -0.39 is 11.9 Å². The van der Waals surface area contributed by atoms with Crippen LogP contribution in [0.1, 0.15) is 47.8 Å². The van der Waals surface area contributed by atoms with Crippen molar-refractivity contribution in [3.63, 3.8) is 0 Å². The first-order valence-electron chi connectivity index (χ1n) is 11.3. The minimum atomic E-state index is -0.940. The van der Waals surface area contributed by atoms with Gasteiger partial charge in [0.2, 0.25) is 12.7 Å². The van der Waals surface area contributed by atoms with Gasteiger partial charge in [0.25, 0.3) is 5.91 Å². The van der Waals surface area contributed by atoms with Crippen LogP contribution in [0.5, 0.6) is 17.2 Å². The summed E-state index contributed by atoms with van der Waals surface area (Å²) in [4.78, 5) is 28.9. The lowest BCUT2D eigenvalue weighted by Gasteiger charge is -2.32. The van der Waals surface area contributed by atoms with Crippen LogP contribution < -0.4 is 24.4 Å². The Hall–Kier alpha value is -3.94. The number of hydrogen-bond acceptors (Lipinski definition) is 6. The van der Waals surface area contributed by atoms with E-state index in [0.29, 0.717) is 28.5 Å². The van der Waals surface area contributed by atoms with E-state index in [1.165, 1.54) is 11.2 Å². The molecule has 8 nitrogen and oxygen atoms in total. The van der Waals surface area contributed by atoms with Gasteiger partial charge in [-0.25, -0.2) is 0 Å². The molecule has 0 bridgehead atoms. The fraction of sp³-hybridized carbons (Fsp3) is 0.308. The van der Waals surface area contributed by atoms with E-state index in [0.717, 1.165) is 25.7 Å². The van der Waals surface area contributed by atoms with Crippen molar-refractivity contribution >= 4 is 17.5 Å². The third-order valence-corrected chi connectivity index (χ3v) is 6.22. The highest BCUT2D eigenvalue weighted by atomic mass is 16.7. The smallest absolute Gasteiger partial charge is 0.294 e. The fourth-order valence-electron chi connectivity index (χ4n) is 4.49. The van der Waals surface area contributed by atoms with Crippen LogP contribution in [0.25, 0.3) is 0 Å². The second-order valence-electron chi connectivity index (χ2n) is 8.36. The van der Waals surface area contributed by atoms with Crippen LogP contribution in [0, 0.1) is 0 Å². The van der Waals surface area contributed by atoms with Gasteiger partial charge in [-0.1, -0.05) is 25.0 Å². The first-order chi connectivity index (χ1) is 16.6. The van der Waals surface area contributed by atoms with Crippen molar-refractivity contribution in [2.75, 3.05) is 18.8 Å². The normalized spacial score (nSPS) is 15.7. The molecule has 2 heterocycles. The van der Waals surface area contributed by atoms with Crippen LogP contribution >= 0.6 is 0 Å². The second-order valence-corrected chi connectivity index (χ2v) is 8.36. The number of amides is 2. The van der Waals surface area contributed by atoms with Gasteiger partial charge >= 0.3 is 0 Å². The molecule has 1 fully saturated rings. The third-order valence-electron chi connectivity index (χ3n) is 6.22. The SMILES string of the molecule is COc1ccc(C(C(=O)NC2CCCC2)N(C(=O)c2ccco2)c2ccc3c(c2)OCO3)cc1. The molecule has 1 saturated carbocycles. The largest absolute Gasteiger partial charge is 0.497 e. The number of rotatable bonds is 7. The molecule has 3 aromatic rings. The average molecular weight is 463 g/mol. The number of carbonyl (C=O) groups is 2. The van der Waals surface area contributed by atoms with Crippen molar-refractivity contribution in [2.45, 2.75) is 37.8 Å². The molecule has 2 aliphatic rings. The van der Waals surface area contributed by atoms with Crippen molar-refractivity contribution in [2.24, 2.45) is 0 Å². The fourth-order valence-corrected chi connectivity index (χ4v) is 4.49. The molecular weight excluding hydrogens is 436 g/mol. The molecule has 1 N–H and O–H groups in total. The molecular formula is C26H26N2O6. The molecule has 2 amide bonds. The molecule has 1 atom stereocenters. The summed E-state index contributed by atoms with van der Waals surface area (Å²) in [5, 5.41) is 3.16. The summed E-state index contributed by atoms with van der Waals surface area (Å²) in [6.45, 7) is 0.106. The quantitative estimate of drug-likeness (QED) is 0.557. The third kappa shape index (κ3) is 4.31. The first kappa shape index (κ1) is 21.9. The second kappa shape index (κ2) is 9.51. The number of furan rings is 1. The molecule has 176 valence electrons. The number of hydrogen-bond donors (Lipinski definition) is 1. The average Bonchev–Trinajstić information content (AvgIpc) is 3.64. The van der Waals surface area contributed by atoms with Gasteiger partial charge in [-0.3, -0.25) is 14.5 Å². The highest BCUT2D eigenvalue weighted by molar-refractivity contribution is 6.08. The molecule has 0 radical (unpaired) electrons. The number of methoxy groups -OCH3 is 1. The Morgan fingerprint density at radius 2 is 1.79 bits per heavy atom. The van der Waals surface area contributed by atoms with E-state index in [1.807, 2.05) is 0 Å². The van der Waals surface area contributed by atoms with Crippen molar-refractivity contribution in [3.05, 3.63) is 72.2 Å². The lowest BCUT2D eigenvalue weighted by molar-refractivity contribution is -0.123. The maximum absolute atomic E-state index is 13.8. The van der Waals surface area contributed by atoms with Crippen LogP contribution in [-0.4, -0.2) is 31.8 Å². The van der Waals surface area contributed by atoms with Crippen molar-refractivity contribution in [1.29, 1.82) is 0 Å². The minimum absolute atomic E-state index is 0.0885. The van der Waals surface area contributed by atoms with Gasteiger partial charge in [0.15, 0.2) is 17.3 Å². The monoisotopic (exact) mass is 462 g/mol. The molecule has 1 unspecified atom stereocenters. The Kier molecular flexibility index (Phi) is 6.12. The van der Waals surface area contributed by atoms with Gasteiger partial charge in [0.05, 0.1) is 13.4 Å². The highest BCUT2D eigenvalue weighted by Gasteiger charge is 2.36. The first-order valence-corrected chi connectivity index (χ1v) is 11.3. The van der Waals surface area contributed by atoms with E-state index in [1.54, 1.807) is 61.7 Å². The number of fused-ring (bicyclic) bond motifs is 1.